The third kappa shape index (κ3) is 3.68. The van der Waals surface area contributed by atoms with Crippen molar-refractivity contribution in [3.05, 3.63) is 84.4 Å². The van der Waals surface area contributed by atoms with Crippen molar-refractivity contribution in [2.75, 3.05) is 5.32 Å². The van der Waals surface area contributed by atoms with Crippen LogP contribution in [0.15, 0.2) is 67.3 Å². The highest BCUT2D eigenvalue weighted by Crippen LogP contribution is 2.38. The maximum absolute atomic E-state index is 13.9. The minimum atomic E-state index is -0.717. The molecule has 1 aromatic carbocycles. The van der Waals surface area contributed by atoms with Crippen LogP contribution in [0.2, 0.25) is 0 Å². The highest BCUT2D eigenvalue weighted by atomic mass is 19.1. The van der Waals surface area contributed by atoms with E-state index in [0.717, 1.165) is 30.2 Å². The molecule has 0 spiro atoms. The van der Waals surface area contributed by atoms with Crippen molar-refractivity contribution in [2.45, 2.75) is 18.9 Å². The van der Waals surface area contributed by atoms with Crippen LogP contribution in [0, 0.1) is 11.6 Å². The Bertz CT molecular complexity index is 1540. The van der Waals surface area contributed by atoms with Crippen LogP contribution in [0.1, 0.15) is 29.2 Å². The summed E-state index contributed by atoms with van der Waals surface area (Å²) in [6, 6.07) is 11.4. The number of fused-ring (bicyclic) bond motifs is 1. The van der Waals surface area contributed by atoms with E-state index in [-0.39, 0.29) is 17.2 Å². The molecule has 1 saturated carbocycles. The Morgan fingerprint density at radius 1 is 1.00 bits per heavy atom. The lowest BCUT2D eigenvalue weighted by Crippen LogP contribution is -2.14. The van der Waals surface area contributed by atoms with Crippen LogP contribution in [-0.4, -0.2) is 35.3 Å². The second-order valence-corrected chi connectivity index (χ2v) is 8.07. The molecule has 4 aromatic heterocycles. The molecule has 34 heavy (non-hydrogen) atoms. The van der Waals surface area contributed by atoms with Gasteiger partial charge in [0.05, 0.1) is 29.7 Å². The number of halogens is 2. The second kappa shape index (κ2) is 7.84. The Morgan fingerprint density at radius 3 is 2.59 bits per heavy atom. The zero-order chi connectivity index (χ0) is 23.2. The summed E-state index contributed by atoms with van der Waals surface area (Å²) >= 11 is 0. The summed E-state index contributed by atoms with van der Waals surface area (Å²) in [5, 5.41) is 12.0. The van der Waals surface area contributed by atoms with E-state index in [0.29, 0.717) is 23.1 Å². The van der Waals surface area contributed by atoms with Crippen LogP contribution in [0.5, 0.6) is 0 Å². The van der Waals surface area contributed by atoms with Gasteiger partial charge in [-0.15, -0.1) is 0 Å². The summed E-state index contributed by atoms with van der Waals surface area (Å²) in [6.45, 7) is 0. The summed E-state index contributed by atoms with van der Waals surface area (Å²) in [5.41, 5.74) is 3.33. The summed E-state index contributed by atoms with van der Waals surface area (Å²) in [5.74, 6) is -1.43. The van der Waals surface area contributed by atoms with Crippen LogP contribution in [0.25, 0.3) is 28.2 Å². The molecule has 10 heteroatoms. The van der Waals surface area contributed by atoms with Crippen LogP contribution >= 0.6 is 0 Å². The molecule has 5 aromatic rings. The molecule has 1 fully saturated rings. The molecule has 6 rings (SSSR count). The summed E-state index contributed by atoms with van der Waals surface area (Å²) in [7, 11) is 0. The van der Waals surface area contributed by atoms with Crippen LogP contribution in [-0.2, 0) is 0 Å². The average Bonchev–Trinajstić information content (AvgIpc) is 3.46. The fraction of sp³-hybridized carbons (Fsp3) is 0.125. The predicted octanol–water partition coefficient (Wildman–Crippen LogP) is 4.52. The van der Waals surface area contributed by atoms with Gasteiger partial charge in [0.25, 0.3) is 5.91 Å². The monoisotopic (exact) mass is 457 g/mol. The molecule has 0 unspecified atom stereocenters. The van der Waals surface area contributed by atoms with Crippen molar-refractivity contribution >= 4 is 17.4 Å². The largest absolute Gasteiger partial charge is 0.305 e. The molecular formula is C24H17F2N7O. The zero-order valence-electron chi connectivity index (χ0n) is 17.7. The second-order valence-electron chi connectivity index (χ2n) is 8.07. The summed E-state index contributed by atoms with van der Waals surface area (Å²) in [4.78, 5) is 20.4. The number of anilines is 1. The molecule has 1 N–H and O–H groups in total. The van der Waals surface area contributed by atoms with Crippen molar-refractivity contribution < 1.29 is 13.6 Å². The van der Waals surface area contributed by atoms with Gasteiger partial charge in [-0.2, -0.15) is 10.2 Å². The Morgan fingerprint density at radius 2 is 1.82 bits per heavy atom. The molecular weight excluding hydrogens is 440 g/mol. The number of nitrogens with zero attached hydrogens (tertiary/aromatic N) is 6. The Balaban J connectivity index is 1.35. The number of hydrogen-bond acceptors (Lipinski definition) is 5. The molecule has 1 aliphatic rings. The SMILES string of the molecule is O=C(Nc1cn2nc(-c3cn(C4CC4)nc3-c3ccc(F)cc3)ccc2n1)c1ccncc1F. The molecule has 0 saturated heterocycles. The zero-order valence-corrected chi connectivity index (χ0v) is 17.7. The lowest BCUT2D eigenvalue weighted by atomic mass is 10.1. The highest BCUT2D eigenvalue weighted by molar-refractivity contribution is 6.04. The standard InChI is InChI=1S/C24H17F2N7O/c25-15-3-1-14(2-4-15)23-18(12-32(31-23)16-5-6-16)20-7-8-22-28-21(13-33(22)30-20)29-24(34)17-9-10-27-11-19(17)26/h1-4,7-13,16H,5-6H2,(H,29,34). The number of amides is 1. The number of aromatic nitrogens is 6. The van der Waals surface area contributed by atoms with Crippen LogP contribution < -0.4 is 5.32 Å². The Hall–Kier alpha value is -4.47. The number of nitrogens with one attached hydrogen (secondary N) is 1. The Labute approximate surface area is 191 Å². The first-order valence-corrected chi connectivity index (χ1v) is 10.7. The summed E-state index contributed by atoms with van der Waals surface area (Å²) in [6.07, 6.45) is 7.97. The van der Waals surface area contributed by atoms with Gasteiger partial charge < -0.3 is 5.32 Å². The third-order valence-electron chi connectivity index (χ3n) is 5.63. The van der Waals surface area contributed by atoms with E-state index in [1.807, 2.05) is 16.9 Å². The number of hydrogen-bond donors (Lipinski definition) is 1. The maximum atomic E-state index is 13.9. The van der Waals surface area contributed by atoms with E-state index in [2.05, 4.69) is 20.4 Å². The van der Waals surface area contributed by atoms with Crippen LogP contribution in [0.4, 0.5) is 14.6 Å². The van der Waals surface area contributed by atoms with Gasteiger partial charge in [-0.1, -0.05) is 0 Å². The fourth-order valence-corrected chi connectivity index (χ4v) is 3.76. The van der Waals surface area contributed by atoms with E-state index in [9.17, 15) is 13.6 Å². The number of pyridine rings is 1. The molecule has 8 nitrogen and oxygen atoms in total. The van der Waals surface area contributed by atoms with E-state index in [1.165, 1.54) is 28.9 Å². The minimum Gasteiger partial charge on any atom is -0.305 e. The van der Waals surface area contributed by atoms with Crippen molar-refractivity contribution in [1.82, 2.24) is 29.4 Å². The number of carbonyl (C=O) groups excluding carboxylic acids is 1. The average molecular weight is 457 g/mol. The van der Waals surface area contributed by atoms with Gasteiger partial charge in [-0.25, -0.2) is 18.3 Å². The quantitative estimate of drug-likeness (QED) is 0.419. The fourth-order valence-electron chi connectivity index (χ4n) is 3.76. The van der Waals surface area contributed by atoms with Gasteiger partial charge >= 0.3 is 0 Å². The van der Waals surface area contributed by atoms with Gasteiger partial charge in [0.1, 0.15) is 11.5 Å². The lowest BCUT2D eigenvalue weighted by Gasteiger charge is -2.03. The first-order chi connectivity index (χ1) is 16.5. The van der Waals surface area contributed by atoms with Crippen molar-refractivity contribution in [1.29, 1.82) is 0 Å². The smallest absolute Gasteiger partial charge is 0.259 e. The molecule has 1 aliphatic carbocycles. The van der Waals surface area contributed by atoms with E-state index in [1.54, 1.807) is 24.4 Å². The van der Waals surface area contributed by atoms with E-state index in [4.69, 9.17) is 5.10 Å². The van der Waals surface area contributed by atoms with Crippen molar-refractivity contribution in [3.8, 4) is 22.5 Å². The molecule has 4 heterocycles. The normalized spacial score (nSPS) is 13.4. The van der Waals surface area contributed by atoms with Gasteiger partial charge in [0.15, 0.2) is 17.3 Å². The first kappa shape index (κ1) is 20.2. The number of rotatable bonds is 5. The molecule has 0 aliphatic heterocycles. The van der Waals surface area contributed by atoms with Gasteiger partial charge in [-0.05, 0) is 55.3 Å². The van der Waals surface area contributed by atoms with Gasteiger partial charge in [0, 0.05) is 23.5 Å². The van der Waals surface area contributed by atoms with Crippen molar-refractivity contribution in [3.63, 3.8) is 0 Å². The van der Waals surface area contributed by atoms with E-state index >= 15 is 0 Å². The molecule has 0 atom stereocenters. The highest BCUT2D eigenvalue weighted by Gasteiger charge is 2.27. The number of imidazole rings is 1. The van der Waals surface area contributed by atoms with E-state index < -0.39 is 11.7 Å². The maximum Gasteiger partial charge on any atom is 0.259 e. The molecule has 168 valence electrons. The van der Waals surface area contributed by atoms with Crippen molar-refractivity contribution in [2.24, 2.45) is 0 Å². The number of benzene rings is 1. The molecule has 0 bridgehead atoms. The van der Waals surface area contributed by atoms with Gasteiger partial charge in [-0.3, -0.25) is 14.5 Å². The predicted molar refractivity (Wildman–Crippen MR) is 120 cm³/mol. The third-order valence-corrected chi connectivity index (χ3v) is 5.63. The first-order valence-electron chi connectivity index (χ1n) is 10.7. The topological polar surface area (TPSA) is 90.0 Å². The Kier molecular flexibility index (Phi) is 4.65. The lowest BCUT2D eigenvalue weighted by molar-refractivity contribution is 0.102. The molecule has 0 radical (unpaired) electrons. The van der Waals surface area contributed by atoms with Gasteiger partial charge in [0.2, 0.25) is 0 Å². The van der Waals surface area contributed by atoms with Crippen LogP contribution in [0.3, 0.4) is 0 Å². The minimum absolute atomic E-state index is 0.128. The molecule has 1 amide bonds. The number of carbonyl (C=O) groups is 1. The summed E-state index contributed by atoms with van der Waals surface area (Å²) < 4.78 is 30.8.